The molecule has 1 aliphatic carbocycles. The van der Waals surface area contributed by atoms with Gasteiger partial charge in [0.05, 0.1) is 17.7 Å². The number of carbonyl (C=O) groups is 3. The Morgan fingerprint density at radius 3 is 2.64 bits per heavy atom. The monoisotopic (exact) mass is 405 g/mol. The normalized spacial score (nSPS) is 13.1. The Morgan fingerprint density at radius 1 is 1.21 bits per heavy atom. The summed E-state index contributed by atoms with van der Waals surface area (Å²) in [4.78, 5) is 36.6. The summed E-state index contributed by atoms with van der Waals surface area (Å²) in [5.41, 5.74) is 1.86. The third kappa shape index (κ3) is 4.56. The summed E-state index contributed by atoms with van der Waals surface area (Å²) in [5.74, 6) is -2.10. The number of aryl methyl sites for hydroxylation is 1. The van der Waals surface area contributed by atoms with Crippen LogP contribution in [0.15, 0.2) is 23.6 Å². The summed E-state index contributed by atoms with van der Waals surface area (Å²) in [7, 11) is 0. The number of halogens is 1. The van der Waals surface area contributed by atoms with Crippen molar-refractivity contribution in [2.45, 2.75) is 32.6 Å². The summed E-state index contributed by atoms with van der Waals surface area (Å²) >= 11 is 1.24. The van der Waals surface area contributed by atoms with E-state index in [9.17, 15) is 18.8 Å². The zero-order chi connectivity index (χ0) is 20.3. The molecule has 0 spiro atoms. The first kappa shape index (κ1) is 20.0. The zero-order valence-corrected chi connectivity index (χ0v) is 16.4. The second-order valence-electron chi connectivity index (χ2n) is 6.47. The van der Waals surface area contributed by atoms with Gasteiger partial charge in [-0.05, 0) is 61.2 Å². The minimum absolute atomic E-state index is 0.0622. The minimum atomic E-state index is -0.789. The predicted molar refractivity (Wildman–Crippen MR) is 102 cm³/mol. The Balaban J connectivity index is 1.66. The number of esters is 2. The number of hydrogen-bond acceptors (Lipinski definition) is 6. The average Bonchev–Trinajstić information content (AvgIpc) is 3.42. The molecule has 1 saturated carbocycles. The topological polar surface area (TPSA) is 81.7 Å². The van der Waals surface area contributed by atoms with E-state index in [1.165, 1.54) is 23.5 Å². The first-order chi connectivity index (χ1) is 13.4. The van der Waals surface area contributed by atoms with Crippen LogP contribution in [0.3, 0.4) is 0 Å². The average molecular weight is 405 g/mol. The molecule has 0 unspecified atom stereocenters. The fourth-order valence-corrected chi connectivity index (χ4v) is 3.80. The quantitative estimate of drug-likeness (QED) is 0.703. The van der Waals surface area contributed by atoms with Crippen LogP contribution in [0.5, 0.6) is 0 Å². The Hall–Kier alpha value is -2.74. The van der Waals surface area contributed by atoms with Crippen molar-refractivity contribution in [2.24, 2.45) is 0 Å². The molecule has 1 heterocycles. The molecule has 0 bridgehead atoms. The number of anilines is 1. The van der Waals surface area contributed by atoms with Crippen LogP contribution in [0.25, 0.3) is 0 Å². The van der Waals surface area contributed by atoms with Crippen LogP contribution >= 0.6 is 11.3 Å². The van der Waals surface area contributed by atoms with Gasteiger partial charge in [-0.1, -0.05) is 6.07 Å². The summed E-state index contributed by atoms with van der Waals surface area (Å²) in [6.07, 6.45) is 2.00. The standard InChI is InChI=1S/C20H20FNO5S/c1-3-26-20(25)17-15(12-5-6-12)10-28-18(17)22-16(23)9-27-19(24)14-8-13(21)7-4-11(14)2/h4,7-8,10,12H,3,5-6,9H2,1-2H3,(H,22,23). The van der Waals surface area contributed by atoms with Crippen molar-refractivity contribution < 1.29 is 28.2 Å². The van der Waals surface area contributed by atoms with E-state index in [-0.39, 0.29) is 12.2 Å². The van der Waals surface area contributed by atoms with Crippen molar-refractivity contribution >= 4 is 34.2 Å². The fraction of sp³-hybridized carbons (Fsp3) is 0.350. The number of carbonyl (C=O) groups excluding carboxylic acids is 3. The smallest absolute Gasteiger partial charge is 0.341 e. The van der Waals surface area contributed by atoms with Crippen molar-refractivity contribution in [3.63, 3.8) is 0 Å². The highest BCUT2D eigenvalue weighted by atomic mass is 32.1. The van der Waals surface area contributed by atoms with Crippen molar-refractivity contribution in [3.05, 3.63) is 51.7 Å². The molecule has 0 saturated heterocycles. The van der Waals surface area contributed by atoms with Gasteiger partial charge in [0.1, 0.15) is 10.8 Å². The van der Waals surface area contributed by atoms with Gasteiger partial charge in [-0.15, -0.1) is 11.3 Å². The van der Waals surface area contributed by atoms with Crippen LogP contribution in [0.1, 0.15) is 57.5 Å². The number of rotatable bonds is 7. The summed E-state index contributed by atoms with van der Waals surface area (Å²) < 4.78 is 23.4. The summed E-state index contributed by atoms with van der Waals surface area (Å²) in [5, 5.41) is 4.84. The number of amides is 1. The molecule has 0 aliphatic heterocycles. The van der Waals surface area contributed by atoms with E-state index in [1.54, 1.807) is 13.8 Å². The molecule has 148 valence electrons. The third-order valence-electron chi connectivity index (χ3n) is 4.32. The van der Waals surface area contributed by atoms with Gasteiger partial charge in [0.15, 0.2) is 6.61 Å². The lowest BCUT2D eigenvalue weighted by molar-refractivity contribution is -0.119. The van der Waals surface area contributed by atoms with Crippen LogP contribution in [-0.2, 0) is 14.3 Å². The van der Waals surface area contributed by atoms with Crippen molar-refractivity contribution in [3.8, 4) is 0 Å². The van der Waals surface area contributed by atoms with E-state index in [2.05, 4.69) is 5.32 Å². The molecule has 1 fully saturated rings. The number of thiophene rings is 1. The third-order valence-corrected chi connectivity index (χ3v) is 5.24. The van der Waals surface area contributed by atoms with Crippen LogP contribution in [0.4, 0.5) is 9.39 Å². The number of nitrogens with one attached hydrogen (secondary N) is 1. The highest BCUT2D eigenvalue weighted by molar-refractivity contribution is 7.15. The van der Waals surface area contributed by atoms with E-state index in [0.717, 1.165) is 24.5 Å². The van der Waals surface area contributed by atoms with E-state index < -0.39 is 30.3 Å². The predicted octanol–water partition coefficient (Wildman–Crippen LogP) is 4.05. The second-order valence-corrected chi connectivity index (χ2v) is 7.35. The summed E-state index contributed by atoms with van der Waals surface area (Å²) in [6.45, 7) is 3.05. The van der Waals surface area contributed by atoms with Crippen molar-refractivity contribution in [2.75, 3.05) is 18.5 Å². The van der Waals surface area contributed by atoms with Gasteiger partial charge < -0.3 is 14.8 Å². The van der Waals surface area contributed by atoms with Gasteiger partial charge in [-0.3, -0.25) is 4.79 Å². The molecule has 6 nitrogen and oxygen atoms in total. The largest absolute Gasteiger partial charge is 0.462 e. The number of hydrogen-bond donors (Lipinski definition) is 1. The van der Waals surface area contributed by atoms with Gasteiger partial charge in [-0.25, -0.2) is 14.0 Å². The molecule has 0 radical (unpaired) electrons. The highest BCUT2D eigenvalue weighted by Gasteiger charge is 2.32. The van der Waals surface area contributed by atoms with Crippen LogP contribution < -0.4 is 5.32 Å². The van der Waals surface area contributed by atoms with Gasteiger partial charge >= 0.3 is 11.9 Å². The summed E-state index contributed by atoms with van der Waals surface area (Å²) in [6, 6.07) is 3.77. The van der Waals surface area contributed by atoms with Gasteiger partial charge in [0, 0.05) is 0 Å². The van der Waals surface area contributed by atoms with Crippen molar-refractivity contribution in [1.29, 1.82) is 0 Å². The molecule has 1 amide bonds. The van der Waals surface area contributed by atoms with Crippen molar-refractivity contribution in [1.82, 2.24) is 0 Å². The maximum Gasteiger partial charge on any atom is 0.341 e. The Kier molecular flexibility index (Phi) is 6.08. The van der Waals surface area contributed by atoms with Crippen LogP contribution in [0.2, 0.25) is 0 Å². The van der Waals surface area contributed by atoms with Gasteiger partial charge in [0.25, 0.3) is 5.91 Å². The molecule has 2 aromatic rings. The first-order valence-electron chi connectivity index (χ1n) is 8.92. The van der Waals surface area contributed by atoms with E-state index in [1.807, 2.05) is 5.38 Å². The van der Waals surface area contributed by atoms with Crippen LogP contribution in [-0.4, -0.2) is 31.1 Å². The number of benzene rings is 1. The Morgan fingerprint density at radius 2 is 1.96 bits per heavy atom. The molecule has 1 aromatic heterocycles. The molecule has 1 N–H and O–H groups in total. The molecule has 28 heavy (non-hydrogen) atoms. The molecular weight excluding hydrogens is 385 g/mol. The lowest BCUT2D eigenvalue weighted by atomic mass is 10.1. The first-order valence-corrected chi connectivity index (χ1v) is 9.80. The number of ether oxygens (including phenoxy) is 2. The minimum Gasteiger partial charge on any atom is -0.462 e. The fourth-order valence-electron chi connectivity index (χ4n) is 2.76. The maximum atomic E-state index is 13.3. The molecule has 1 aromatic carbocycles. The zero-order valence-electron chi connectivity index (χ0n) is 15.5. The Bertz CT molecular complexity index is 919. The van der Waals surface area contributed by atoms with Crippen LogP contribution in [0, 0.1) is 12.7 Å². The molecule has 8 heteroatoms. The molecule has 3 rings (SSSR count). The lowest BCUT2D eigenvalue weighted by Crippen LogP contribution is -2.22. The highest BCUT2D eigenvalue weighted by Crippen LogP contribution is 2.46. The maximum absolute atomic E-state index is 13.3. The van der Waals surface area contributed by atoms with Gasteiger partial charge in [-0.2, -0.15) is 0 Å². The second kappa shape index (κ2) is 8.52. The lowest BCUT2D eigenvalue weighted by Gasteiger charge is -2.09. The SMILES string of the molecule is CCOC(=O)c1c(C2CC2)csc1NC(=O)COC(=O)c1cc(F)ccc1C. The molecular formula is C20H20FNO5S. The van der Waals surface area contributed by atoms with E-state index >= 15 is 0 Å². The molecule has 0 atom stereocenters. The Labute approximate surface area is 165 Å². The van der Waals surface area contributed by atoms with E-state index in [0.29, 0.717) is 22.0 Å². The van der Waals surface area contributed by atoms with Gasteiger partial charge in [0.2, 0.25) is 0 Å². The molecule has 1 aliphatic rings. The van der Waals surface area contributed by atoms with E-state index in [4.69, 9.17) is 9.47 Å².